The van der Waals surface area contributed by atoms with E-state index in [-0.39, 0.29) is 5.56 Å². The molecule has 0 fully saturated rings. The van der Waals surface area contributed by atoms with E-state index in [9.17, 15) is 4.79 Å². The van der Waals surface area contributed by atoms with E-state index >= 15 is 0 Å². The molecule has 3 heteroatoms. The summed E-state index contributed by atoms with van der Waals surface area (Å²) in [6, 6.07) is 7.29. The summed E-state index contributed by atoms with van der Waals surface area (Å²) in [5.41, 5.74) is 2.87. The predicted molar refractivity (Wildman–Crippen MR) is 68.7 cm³/mol. The van der Waals surface area contributed by atoms with Gasteiger partial charge >= 0.3 is 0 Å². The van der Waals surface area contributed by atoms with Crippen LogP contribution in [-0.4, -0.2) is 9.55 Å². The highest BCUT2D eigenvalue weighted by atomic mass is 16.1. The molecule has 0 aliphatic rings. The predicted octanol–water partition coefficient (Wildman–Crippen LogP) is 2.66. The Bertz CT molecular complexity index is 568. The molecule has 88 valence electrons. The van der Waals surface area contributed by atoms with E-state index in [0.29, 0.717) is 5.92 Å². The van der Waals surface area contributed by atoms with Gasteiger partial charge in [0.05, 0.1) is 11.9 Å². The second kappa shape index (κ2) is 4.53. The second-order valence-electron chi connectivity index (χ2n) is 4.51. The van der Waals surface area contributed by atoms with Gasteiger partial charge in [0, 0.05) is 18.0 Å². The molecule has 0 aliphatic carbocycles. The van der Waals surface area contributed by atoms with Crippen LogP contribution in [0.2, 0.25) is 0 Å². The summed E-state index contributed by atoms with van der Waals surface area (Å²) in [6.07, 6.45) is 3.57. The van der Waals surface area contributed by atoms with Crippen molar-refractivity contribution in [1.29, 1.82) is 0 Å². The zero-order chi connectivity index (χ0) is 12.4. The third kappa shape index (κ3) is 2.44. The highest BCUT2D eigenvalue weighted by molar-refractivity contribution is 5.31. The van der Waals surface area contributed by atoms with E-state index < -0.39 is 0 Å². The van der Waals surface area contributed by atoms with Gasteiger partial charge in [0.15, 0.2) is 0 Å². The van der Waals surface area contributed by atoms with Crippen molar-refractivity contribution >= 4 is 0 Å². The number of pyridine rings is 2. The molecule has 17 heavy (non-hydrogen) atoms. The highest BCUT2D eigenvalue weighted by Gasteiger charge is 2.03. The van der Waals surface area contributed by atoms with Gasteiger partial charge in [-0.3, -0.25) is 14.3 Å². The quantitative estimate of drug-likeness (QED) is 0.792. The molecule has 0 saturated carbocycles. The normalized spacial score (nSPS) is 10.8. The third-order valence-corrected chi connectivity index (χ3v) is 2.70. The monoisotopic (exact) mass is 228 g/mol. The fourth-order valence-electron chi connectivity index (χ4n) is 1.68. The maximum absolute atomic E-state index is 11.7. The molecular formula is C14H16N2O. The Morgan fingerprint density at radius 1 is 1.18 bits per heavy atom. The van der Waals surface area contributed by atoms with Gasteiger partial charge in [-0.05, 0) is 30.5 Å². The topological polar surface area (TPSA) is 34.9 Å². The third-order valence-electron chi connectivity index (χ3n) is 2.70. The average molecular weight is 228 g/mol. The first-order valence-corrected chi connectivity index (χ1v) is 5.73. The van der Waals surface area contributed by atoms with Gasteiger partial charge in [-0.25, -0.2) is 0 Å². The largest absolute Gasteiger partial charge is 0.282 e. The van der Waals surface area contributed by atoms with Crippen LogP contribution >= 0.6 is 0 Å². The smallest absolute Gasteiger partial charge is 0.255 e. The van der Waals surface area contributed by atoms with Crippen LogP contribution in [0.1, 0.15) is 31.0 Å². The van der Waals surface area contributed by atoms with Gasteiger partial charge in [0.2, 0.25) is 0 Å². The molecule has 0 amide bonds. The van der Waals surface area contributed by atoms with E-state index in [4.69, 9.17) is 0 Å². The molecule has 0 aromatic carbocycles. The van der Waals surface area contributed by atoms with Gasteiger partial charge in [-0.15, -0.1) is 0 Å². The Hall–Kier alpha value is -1.90. The molecule has 3 nitrogen and oxygen atoms in total. The van der Waals surface area contributed by atoms with Crippen molar-refractivity contribution in [1.82, 2.24) is 9.55 Å². The summed E-state index contributed by atoms with van der Waals surface area (Å²) in [7, 11) is 0. The van der Waals surface area contributed by atoms with Crippen LogP contribution in [-0.2, 0) is 0 Å². The SMILES string of the molecule is Cc1ccc(=O)n(-c2ccc(C(C)C)nc2)c1. The van der Waals surface area contributed by atoms with Gasteiger partial charge in [0.1, 0.15) is 0 Å². The molecule has 0 N–H and O–H groups in total. The number of aromatic nitrogens is 2. The molecule has 0 aliphatic heterocycles. The highest BCUT2D eigenvalue weighted by Crippen LogP contribution is 2.12. The van der Waals surface area contributed by atoms with Crippen molar-refractivity contribution in [3.8, 4) is 5.69 Å². The van der Waals surface area contributed by atoms with Crippen LogP contribution < -0.4 is 5.56 Å². The molecule has 0 unspecified atom stereocenters. The number of aryl methyl sites for hydroxylation is 1. The first-order chi connectivity index (χ1) is 8.08. The van der Waals surface area contributed by atoms with Crippen molar-refractivity contribution in [2.45, 2.75) is 26.7 Å². The molecule has 0 radical (unpaired) electrons. The van der Waals surface area contributed by atoms with Crippen LogP contribution in [0, 0.1) is 6.92 Å². The zero-order valence-electron chi connectivity index (χ0n) is 10.3. The minimum absolute atomic E-state index is 0.0327. The number of hydrogen-bond acceptors (Lipinski definition) is 2. The van der Waals surface area contributed by atoms with E-state index in [1.165, 1.54) is 0 Å². The lowest BCUT2D eigenvalue weighted by Crippen LogP contribution is -2.16. The Labute approximate surface area is 101 Å². The van der Waals surface area contributed by atoms with Crippen LogP contribution in [0.5, 0.6) is 0 Å². The lowest BCUT2D eigenvalue weighted by atomic mass is 10.1. The molecule has 2 aromatic heterocycles. The van der Waals surface area contributed by atoms with Gasteiger partial charge in [-0.1, -0.05) is 19.9 Å². The van der Waals surface area contributed by atoms with Gasteiger partial charge < -0.3 is 0 Å². The van der Waals surface area contributed by atoms with E-state index in [0.717, 1.165) is 16.9 Å². The van der Waals surface area contributed by atoms with Crippen molar-refractivity contribution in [3.63, 3.8) is 0 Å². The van der Waals surface area contributed by atoms with Crippen LogP contribution in [0.15, 0.2) is 41.5 Å². The van der Waals surface area contributed by atoms with Crippen LogP contribution in [0.4, 0.5) is 0 Å². The Kier molecular flexibility index (Phi) is 3.09. The van der Waals surface area contributed by atoms with Crippen molar-refractivity contribution in [2.75, 3.05) is 0 Å². The summed E-state index contributed by atoms with van der Waals surface area (Å²) in [6.45, 7) is 6.16. The zero-order valence-corrected chi connectivity index (χ0v) is 10.3. The number of nitrogens with zero attached hydrogens (tertiary/aromatic N) is 2. The molecule has 2 heterocycles. The maximum atomic E-state index is 11.7. The summed E-state index contributed by atoms with van der Waals surface area (Å²) in [5.74, 6) is 0.401. The minimum Gasteiger partial charge on any atom is -0.282 e. The van der Waals surface area contributed by atoms with Gasteiger partial charge in [-0.2, -0.15) is 0 Å². The first kappa shape index (κ1) is 11.6. The molecule has 0 saturated heterocycles. The standard InChI is InChI=1S/C14H16N2O/c1-10(2)13-6-5-12(8-15-13)16-9-11(3)4-7-14(16)17/h4-10H,1-3H3. The average Bonchev–Trinajstić information content (AvgIpc) is 2.32. The Balaban J connectivity index is 2.46. The fourth-order valence-corrected chi connectivity index (χ4v) is 1.68. The second-order valence-corrected chi connectivity index (χ2v) is 4.51. The number of hydrogen-bond donors (Lipinski definition) is 0. The minimum atomic E-state index is -0.0327. The molecule has 0 bridgehead atoms. The lowest BCUT2D eigenvalue weighted by molar-refractivity contribution is 0.817. The summed E-state index contributed by atoms with van der Waals surface area (Å²) < 4.78 is 1.62. The fraction of sp³-hybridized carbons (Fsp3) is 0.286. The van der Waals surface area contributed by atoms with Crippen molar-refractivity contribution < 1.29 is 0 Å². The molecule has 0 atom stereocenters. The Morgan fingerprint density at radius 2 is 1.94 bits per heavy atom. The Morgan fingerprint density at radius 3 is 2.53 bits per heavy atom. The van der Waals surface area contributed by atoms with Crippen molar-refractivity contribution in [3.05, 3.63) is 58.3 Å². The molecule has 2 aromatic rings. The first-order valence-electron chi connectivity index (χ1n) is 5.73. The molecule has 0 spiro atoms. The molecular weight excluding hydrogens is 212 g/mol. The van der Waals surface area contributed by atoms with E-state index in [1.807, 2.05) is 31.3 Å². The molecule has 2 rings (SSSR count). The van der Waals surface area contributed by atoms with Crippen LogP contribution in [0.25, 0.3) is 5.69 Å². The summed E-state index contributed by atoms with van der Waals surface area (Å²) in [5, 5.41) is 0. The summed E-state index contributed by atoms with van der Waals surface area (Å²) >= 11 is 0. The number of rotatable bonds is 2. The lowest BCUT2D eigenvalue weighted by Gasteiger charge is -2.08. The van der Waals surface area contributed by atoms with E-state index in [1.54, 1.807) is 16.8 Å². The maximum Gasteiger partial charge on any atom is 0.255 e. The van der Waals surface area contributed by atoms with Crippen molar-refractivity contribution in [2.24, 2.45) is 0 Å². The van der Waals surface area contributed by atoms with Crippen LogP contribution in [0.3, 0.4) is 0 Å². The van der Waals surface area contributed by atoms with Gasteiger partial charge in [0.25, 0.3) is 5.56 Å². The van der Waals surface area contributed by atoms with E-state index in [2.05, 4.69) is 18.8 Å². The summed E-state index contributed by atoms with van der Waals surface area (Å²) in [4.78, 5) is 16.1.